The van der Waals surface area contributed by atoms with Crippen LogP contribution in [-0.2, 0) is 4.79 Å². The van der Waals surface area contributed by atoms with Gasteiger partial charge >= 0.3 is 5.97 Å². The second kappa shape index (κ2) is 7.87. The number of fused-ring (bicyclic) bond motifs is 1. The zero-order valence-electron chi connectivity index (χ0n) is 17.2. The van der Waals surface area contributed by atoms with Gasteiger partial charge in [0.15, 0.2) is 5.65 Å². The number of imidazole rings is 1. The molecule has 0 aliphatic heterocycles. The van der Waals surface area contributed by atoms with Gasteiger partial charge in [0.2, 0.25) is 0 Å². The van der Waals surface area contributed by atoms with Crippen LogP contribution in [0.5, 0.6) is 0 Å². The van der Waals surface area contributed by atoms with Crippen molar-refractivity contribution in [3.8, 4) is 17.3 Å². The van der Waals surface area contributed by atoms with Gasteiger partial charge in [-0.15, -0.1) is 0 Å². The number of carboxylic acids is 1. The average molecular weight is 405 g/mol. The lowest BCUT2D eigenvalue weighted by Gasteiger charge is -2.22. The molecule has 8 nitrogen and oxygen atoms in total. The van der Waals surface area contributed by atoms with E-state index < -0.39 is 17.9 Å². The number of carbonyl (C=O) groups is 2. The largest absolute Gasteiger partial charge is 0.480 e. The molecule has 3 rings (SSSR count). The number of carboxylic acid groups (broad SMARTS) is 1. The smallest absolute Gasteiger partial charge is 0.325 e. The molecule has 30 heavy (non-hydrogen) atoms. The number of hydrogen-bond acceptors (Lipinski definition) is 5. The van der Waals surface area contributed by atoms with Gasteiger partial charge in [-0.25, -0.2) is 4.98 Å². The molecule has 0 fully saturated rings. The van der Waals surface area contributed by atoms with E-state index in [4.69, 9.17) is 15.4 Å². The highest BCUT2D eigenvalue weighted by Crippen LogP contribution is 2.32. The Morgan fingerprint density at radius 2 is 1.87 bits per heavy atom. The van der Waals surface area contributed by atoms with E-state index in [2.05, 4.69) is 16.7 Å². The Labute approximate surface area is 174 Å². The molecule has 3 aromatic rings. The second-order valence-corrected chi connectivity index (χ2v) is 8.02. The number of pyridine rings is 1. The third kappa shape index (κ3) is 4.25. The summed E-state index contributed by atoms with van der Waals surface area (Å²) in [6.45, 7) is 7.45. The lowest BCUT2D eigenvalue weighted by Crippen LogP contribution is -2.38. The maximum absolute atomic E-state index is 12.7. The van der Waals surface area contributed by atoms with Gasteiger partial charge in [0, 0.05) is 17.3 Å². The minimum absolute atomic E-state index is 0.266. The van der Waals surface area contributed by atoms with Crippen LogP contribution >= 0.6 is 0 Å². The summed E-state index contributed by atoms with van der Waals surface area (Å²) < 4.78 is 1.78. The Bertz CT molecular complexity index is 1150. The highest BCUT2D eigenvalue weighted by atomic mass is 16.4. The van der Waals surface area contributed by atoms with E-state index in [0.717, 1.165) is 5.56 Å². The molecule has 0 radical (unpaired) electrons. The molecule has 0 aliphatic rings. The first-order chi connectivity index (χ1) is 14.1. The normalized spacial score (nSPS) is 12.2. The van der Waals surface area contributed by atoms with Gasteiger partial charge in [-0.05, 0) is 52.0 Å². The van der Waals surface area contributed by atoms with Crippen molar-refractivity contribution in [2.75, 3.05) is 5.32 Å². The van der Waals surface area contributed by atoms with E-state index in [1.807, 2.05) is 20.8 Å². The van der Waals surface area contributed by atoms with Crippen LogP contribution in [0.25, 0.3) is 16.9 Å². The lowest BCUT2D eigenvalue weighted by atomic mass is 10.1. The molecular weight excluding hydrogens is 382 g/mol. The van der Waals surface area contributed by atoms with Crippen molar-refractivity contribution in [3.63, 3.8) is 0 Å². The summed E-state index contributed by atoms with van der Waals surface area (Å²) in [6.07, 6.45) is 1.79. The number of carbonyl (C=O) groups excluding carboxylic acids is 1. The summed E-state index contributed by atoms with van der Waals surface area (Å²) in [5.74, 6) is -0.940. The Hall–Kier alpha value is -3.86. The van der Waals surface area contributed by atoms with Gasteiger partial charge in [0.1, 0.15) is 17.6 Å². The molecule has 8 heteroatoms. The first-order valence-electron chi connectivity index (χ1n) is 9.44. The molecule has 2 heterocycles. The van der Waals surface area contributed by atoms with E-state index in [9.17, 15) is 9.59 Å². The second-order valence-electron chi connectivity index (χ2n) is 8.02. The fourth-order valence-corrected chi connectivity index (χ4v) is 2.96. The number of anilines is 1. The van der Waals surface area contributed by atoms with Gasteiger partial charge in [0.05, 0.1) is 17.2 Å². The van der Waals surface area contributed by atoms with Crippen LogP contribution in [0.15, 0.2) is 42.6 Å². The summed E-state index contributed by atoms with van der Waals surface area (Å²) in [5.41, 5.74) is 2.33. The van der Waals surface area contributed by atoms with Crippen molar-refractivity contribution >= 4 is 23.3 Å². The molecular formula is C22H23N5O3. The highest BCUT2D eigenvalue weighted by molar-refractivity contribution is 6.02. The van der Waals surface area contributed by atoms with Crippen molar-refractivity contribution in [1.82, 2.24) is 14.7 Å². The molecule has 154 valence electrons. The van der Waals surface area contributed by atoms with Gasteiger partial charge in [-0.2, -0.15) is 5.26 Å². The molecule has 0 bridgehead atoms. The van der Waals surface area contributed by atoms with E-state index >= 15 is 0 Å². The minimum Gasteiger partial charge on any atom is -0.480 e. The van der Waals surface area contributed by atoms with Crippen LogP contribution in [0.2, 0.25) is 0 Å². The van der Waals surface area contributed by atoms with Gasteiger partial charge in [-0.3, -0.25) is 14.0 Å². The monoisotopic (exact) mass is 405 g/mol. The number of nitrogens with zero attached hydrogens (tertiary/aromatic N) is 3. The number of aromatic nitrogens is 2. The molecule has 1 atom stereocenters. The number of rotatable bonds is 5. The summed E-state index contributed by atoms with van der Waals surface area (Å²) >= 11 is 0. The van der Waals surface area contributed by atoms with Crippen molar-refractivity contribution in [3.05, 3.63) is 53.7 Å². The van der Waals surface area contributed by atoms with Crippen LogP contribution < -0.4 is 10.6 Å². The fourth-order valence-electron chi connectivity index (χ4n) is 2.96. The Morgan fingerprint density at radius 1 is 1.20 bits per heavy atom. The number of aliphatic carboxylic acids is 1. The zero-order chi connectivity index (χ0) is 22.1. The predicted molar refractivity (Wildman–Crippen MR) is 113 cm³/mol. The average Bonchev–Trinajstić information content (AvgIpc) is 3.04. The van der Waals surface area contributed by atoms with Crippen molar-refractivity contribution in [2.45, 2.75) is 39.3 Å². The molecule has 2 aromatic heterocycles. The number of hydrogen-bond donors (Lipinski definition) is 3. The standard InChI is InChI=1S/C22H23N5O3/c1-13(21(29)30)24-20(28)16-6-5-11-27-18(16)25-17(19(27)26-22(2,3)4)15-9-7-14(12-23)8-10-15/h5-11,13,26H,1-4H3,(H,24,28)(H,29,30). The first-order valence-corrected chi connectivity index (χ1v) is 9.44. The maximum Gasteiger partial charge on any atom is 0.325 e. The van der Waals surface area contributed by atoms with E-state index in [0.29, 0.717) is 22.7 Å². The fraction of sp³-hybridized carbons (Fsp3) is 0.273. The van der Waals surface area contributed by atoms with Crippen LogP contribution in [0.4, 0.5) is 5.82 Å². The van der Waals surface area contributed by atoms with Crippen molar-refractivity contribution in [1.29, 1.82) is 5.26 Å². The summed E-state index contributed by atoms with van der Waals surface area (Å²) in [6, 6.07) is 11.4. The Balaban J connectivity index is 2.18. The number of amides is 1. The number of nitrogens with one attached hydrogen (secondary N) is 2. The van der Waals surface area contributed by atoms with Gasteiger partial charge in [-0.1, -0.05) is 12.1 Å². The molecule has 1 unspecified atom stereocenters. The van der Waals surface area contributed by atoms with Crippen molar-refractivity contribution in [2.24, 2.45) is 0 Å². The third-order valence-corrected chi connectivity index (χ3v) is 4.39. The molecule has 1 aromatic carbocycles. The minimum atomic E-state index is -1.12. The summed E-state index contributed by atoms with van der Waals surface area (Å²) in [4.78, 5) is 28.5. The van der Waals surface area contributed by atoms with Crippen LogP contribution in [0, 0.1) is 11.3 Å². The number of nitriles is 1. The van der Waals surface area contributed by atoms with Gasteiger partial charge in [0.25, 0.3) is 5.91 Å². The molecule has 0 aliphatic carbocycles. The maximum atomic E-state index is 12.7. The Kier molecular flexibility index (Phi) is 5.47. The van der Waals surface area contributed by atoms with Crippen LogP contribution in [0.1, 0.15) is 43.6 Å². The molecule has 1 amide bonds. The molecule has 0 spiro atoms. The van der Waals surface area contributed by atoms with Crippen LogP contribution in [0.3, 0.4) is 0 Å². The molecule has 3 N–H and O–H groups in total. The first kappa shape index (κ1) is 20.9. The number of benzene rings is 1. The Morgan fingerprint density at radius 3 is 2.43 bits per heavy atom. The van der Waals surface area contributed by atoms with E-state index in [1.54, 1.807) is 47.0 Å². The lowest BCUT2D eigenvalue weighted by molar-refractivity contribution is -0.138. The summed E-state index contributed by atoms with van der Waals surface area (Å²) in [7, 11) is 0. The summed E-state index contributed by atoms with van der Waals surface area (Å²) in [5, 5.41) is 24.1. The van der Waals surface area contributed by atoms with Crippen molar-refractivity contribution < 1.29 is 14.7 Å². The van der Waals surface area contributed by atoms with E-state index in [1.165, 1.54) is 6.92 Å². The SMILES string of the molecule is CC(NC(=O)c1cccn2c(NC(C)(C)C)c(-c3ccc(C#N)cc3)nc12)C(=O)O. The molecule has 0 saturated carbocycles. The molecule has 0 saturated heterocycles. The highest BCUT2D eigenvalue weighted by Gasteiger charge is 2.23. The zero-order valence-corrected chi connectivity index (χ0v) is 17.2. The third-order valence-electron chi connectivity index (χ3n) is 4.39. The van der Waals surface area contributed by atoms with Crippen LogP contribution in [-0.4, -0.2) is 37.9 Å². The van der Waals surface area contributed by atoms with E-state index in [-0.39, 0.29) is 11.1 Å². The van der Waals surface area contributed by atoms with Gasteiger partial charge < -0.3 is 15.7 Å². The quantitative estimate of drug-likeness (QED) is 0.599. The predicted octanol–water partition coefficient (Wildman–Crippen LogP) is 3.29. The topological polar surface area (TPSA) is 120 Å².